The zero-order valence-electron chi connectivity index (χ0n) is 9.78. The zero-order valence-corrected chi connectivity index (χ0v) is 10.6. The van der Waals surface area contributed by atoms with Gasteiger partial charge < -0.3 is 5.32 Å². The van der Waals surface area contributed by atoms with Crippen molar-refractivity contribution < 1.29 is 0 Å². The van der Waals surface area contributed by atoms with Crippen molar-refractivity contribution in [3.8, 4) is 0 Å². The molecular formula is C14H16N2S. The van der Waals surface area contributed by atoms with Crippen LogP contribution < -0.4 is 5.32 Å². The number of fused-ring (bicyclic) bond motifs is 1. The molecule has 1 heterocycles. The zero-order chi connectivity index (χ0) is 11.5. The van der Waals surface area contributed by atoms with E-state index < -0.39 is 0 Å². The second-order valence-corrected chi connectivity index (χ2v) is 5.59. The van der Waals surface area contributed by atoms with Crippen LogP contribution in [0.3, 0.4) is 0 Å². The van der Waals surface area contributed by atoms with Gasteiger partial charge in [0.15, 0.2) is 0 Å². The van der Waals surface area contributed by atoms with E-state index in [0.717, 1.165) is 13.1 Å². The second kappa shape index (κ2) is 4.98. The largest absolute Gasteiger partial charge is 0.306 e. The number of aryl methyl sites for hydroxylation is 2. The molecule has 0 saturated carbocycles. The van der Waals surface area contributed by atoms with E-state index in [1.807, 2.05) is 11.3 Å². The molecule has 0 atom stereocenters. The number of hydrogen-bond acceptors (Lipinski definition) is 3. The fraction of sp³-hybridized carbons (Fsp3) is 0.357. The monoisotopic (exact) mass is 244 g/mol. The molecular weight excluding hydrogens is 228 g/mol. The Hall–Kier alpha value is -1.19. The second-order valence-electron chi connectivity index (χ2n) is 4.42. The van der Waals surface area contributed by atoms with Crippen LogP contribution in [0.2, 0.25) is 0 Å². The highest BCUT2D eigenvalue weighted by Crippen LogP contribution is 2.27. The highest BCUT2D eigenvalue weighted by molar-refractivity contribution is 7.11. The summed E-state index contributed by atoms with van der Waals surface area (Å²) in [6.45, 7) is 1.82. The quantitative estimate of drug-likeness (QED) is 0.894. The van der Waals surface area contributed by atoms with Crippen LogP contribution in [0.4, 0.5) is 0 Å². The van der Waals surface area contributed by atoms with Crippen LogP contribution in [0.25, 0.3) is 0 Å². The molecule has 0 amide bonds. The number of nitrogens with one attached hydrogen (secondary N) is 1. The minimum atomic E-state index is 0.895. The van der Waals surface area contributed by atoms with Crippen molar-refractivity contribution in [1.29, 1.82) is 0 Å². The molecule has 0 spiro atoms. The maximum atomic E-state index is 4.68. The lowest BCUT2D eigenvalue weighted by atomic mass is 10.2. The van der Waals surface area contributed by atoms with Crippen molar-refractivity contribution >= 4 is 11.3 Å². The molecule has 0 fully saturated rings. The molecule has 17 heavy (non-hydrogen) atoms. The molecule has 1 aromatic heterocycles. The van der Waals surface area contributed by atoms with Crippen LogP contribution in [0.15, 0.2) is 30.3 Å². The standard InChI is InChI=1S/C14H16N2S/c1-2-5-11(6-3-1)9-15-10-14-16-12-7-4-8-13(12)17-14/h1-3,5-6,15H,4,7-10H2. The predicted octanol–water partition coefficient (Wildman–Crippen LogP) is 2.92. The van der Waals surface area contributed by atoms with Crippen molar-refractivity contribution in [1.82, 2.24) is 10.3 Å². The predicted molar refractivity (Wildman–Crippen MR) is 71.1 cm³/mol. The van der Waals surface area contributed by atoms with Crippen LogP contribution in [0.1, 0.15) is 27.6 Å². The Labute approximate surface area is 106 Å². The summed E-state index contributed by atoms with van der Waals surface area (Å²) < 4.78 is 0. The molecule has 3 heteroatoms. The number of aromatic nitrogens is 1. The van der Waals surface area contributed by atoms with E-state index in [4.69, 9.17) is 0 Å². The first kappa shape index (κ1) is 10.9. The first-order valence-corrected chi connectivity index (χ1v) is 6.95. The number of rotatable bonds is 4. The van der Waals surface area contributed by atoms with Crippen LogP contribution >= 0.6 is 11.3 Å². The van der Waals surface area contributed by atoms with Gasteiger partial charge in [-0.1, -0.05) is 30.3 Å². The Morgan fingerprint density at radius 1 is 1.12 bits per heavy atom. The van der Waals surface area contributed by atoms with Crippen LogP contribution in [-0.4, -0.2) is 4.98 Å². The molecule has 2 aromatic rings. The fourth-order valence-electron chi connectivity index (χ4n) is 2.23. The van der Waals surface area contributed by atoms with Gasteiger partial charge in [0.05, 0.1) is 5.69 Å². The minimum Gasteiger partial charge on any atom is -0.306 e. The van der Waals surface area contributed by atoms with Crippen LogP contribution in [0, 0.1) is 0 Å². The summed E-state index contributed by atoms with van der Waals surface area (Å²) in [6.07, 6.45) is 3.72. The SMILES string of the molecule is c1ccc(CNCc2nc3c(s2)CCC3)cc1. The summed E-state index contributed by atoms with van der Waals surface area (Å²) >= 11 is 1.88. The minimum absolute atomic E-state index is 0.895. The summed E-state index contributed by atoms with van der Waals surface area (Å²) in [6, 6.07) is 10.5. The number of nitrogens with zero attached hydrogens (tertiary/aromatic N) is 1. The van der Waals surface area contributed by atoms with Crippen molar-refractivity contribution in [3.05, 3.63) is 51.5 Å². The Bertz CT molecular complexity index is 469. The third-order valence-electron chi connectivity index (χ3n) is 3.09. The van der Waals surface area contributed by atoms with Gasteiger partial charge in [-0.2, -0.15) is 0 Å². The molecule has 1 aliphatic rings. The number of hydrogen-bond donors (Lipinski definition) is 1. The Kier molecular flexibility index (Phi) is 3.20. The fourth-order valence-corrected chi connectivity index (χ4v) is 3.36. The first-order chi connectivity index (χ1) is 8.42. The lowest BCUT2D eigenvalue weighted by Crippen LogP contribution is -2.12. The van der Waals surface area contributed by atoms with Gasteiger partial charge in [0, 0.05) is 18.0 Å². The summed E-state index contributed by atoms with van der Waals surface area (Å²) in [7, 11) is 0. The van der Waals surface area contributed by atoms with Gasteiger partial charge in [-0.05, 0) is 24.8 Å². The van der Waals surface area contributed by atoms with E-state index >= 15 is 0 Å². The van der Waals surface area contributed by atoms with Gasteiger partial charge in [-0.25, -0.2) is 4.98 Å². The van der Waals surface area contributed by atoms with Crippen LogP contribution in [-0.2, 0) is 25.9 Å². The highest BCUT2D eigenvalue weighted by atomic mass is 32.1. The average Bonchev–Trinajstić information content (AvgIpc) is 2.91. The number of benzene rings is 1. The first-order valence-electron chi connectivity index (χ1n) is 6.14. The van der Waals surface area contributed by atoms with Crippen LogP contribution in [0.5, 0.6) is 0 Å². The molecule has 1 aliphatic carbocycles. The van der Waals surface area contributed by atoms with Gasteiger partial charge in [0.2, 0.25) is 0 Å². The molecule has 1 N–H and O–H groups in total. The summed E-state index contributed by atoms with van der Waals surface area (Å²) in [5.41, 5.74) is 2.68. The molecule has 0 unspecified atom stereocenters. The van der Waals surface area contributed by atoms with Gasteiger partial charge in [0.25, 0.3) is 0 Å². The normalized spacial score (nSPS) is 13.9. The maximum absolute atomic E-state index is 4.68. The topological polar surface area (TPSA) is 24.9 Å². The average molecular weight is 244 g/mol. The maximum Gasteiger partial charge on any atom is 0.107 e. The van der Waals surface area contributed by atoms with E-state index in [1.165, 1.54) is 40.4 Å². The van der Waals surface area contributed by atoms with Gasteiger partial charge >= 0.3 is 0 Å². The number of thiazole rings is 1. The van der Waals surface area contributed by atoms with Gasteiger partial charge in [0.1, 0.15) is 5.01 Å². The molecule has 0 bridgehead atoms. The van der Waals surface area contributed by atoms with E-state index in [-0.39, 0.29) is 0 Å². The van der Waals surface area contributed by atoms with Gasteiger partial charge in [-0.3, -0.25) is 0 Å². The molecule has 1 aromatic carbocycles. The van der Waals surface area contributed by atoms with E-state index in [0.29, 0.717) is 0 Å². The van der Waals surface area contributed by atoms with Gasteiger partial charge in [-0.15, -0.1) is 11.3 Å². The molecule has 3 rings (SSSR count). The lowest BCUT2D eigenvalue weighted by Gasteiger charge is -2.02. The molecule has 0 radical (unpaired) electrons. The Morgan fingerprint density at radius 2 is 2.00 bits per heavy atom. The Morgan fingerprint density at radius 3 is 2.82 bits per heavy atom. The third kappa shape index (κ3) is 2.56. The van der Waals surface area contributed by atoms with Crippen molar-refractivity contribution in [2.45, 2.75) is 32.4 Å². The van der Waals surface area contributed by atoms with Crippen molar-refractivity contribution in [2.24, 2.45) is 0 Å². The summed E-state index contributed by atoms with van der Waals surface area (Å²) in [5, 5.41) is 4.70. The molecule has 88 valence electrons. The van der Waals surface area contributed by atoms with E-state index in [2.05, 4.69) is 40.6 Å². The van der Waals surface area contributed by atoms with E-state index in [9.17, 15) is 0 Å². The highest BCUT2D eigenvalue weighted by Gasteiger charge is 2.15. The summed E-state index contributed by atoms with van der Waals surface area (Å²) in [5.74, 6) is 0. The molecule has 2 nitrogen and oxygen atoms in total. The van der Waals surface area contributed by atoms with Crippen molar-refractivity contribution in [3.63, 3.8) is 0 Å². The molecule has 0 saturated heterocycles. The van der Waals surface area contributed by atoms with E-state index in [1.54, 1.807) is 0 Å². The molecule has 0 aliphatic heterocycles. The Balaban J connectivity index is 1.54. The lowest BCUT2D eigenvalue weighted by molar-refractivity contribution is 0.687. The smallest absolute Gasteiger partial charge is 0.107 e. The third-order valence-corrected chi connectivity index (χ3v) is 4.25. The summed E-state index contributed by atoms with van der Waals surface area (Å²) in [4.78, 5) is 6.19. The van der Waals surface area contributed by atoms with Crippen molar-refractivity contribution in [2.75, 3.05) is 0 Å².